The molecule has 170 valence electrons. The first-order valence-corrected chi connectivity index (χ1v) is 9.35. The van der Waals surface area contributed by atoms with Crippen LogP contribution < -0.4 is 16.7 Å². The molecule has 0 aromatic heterocycles. The molecule has 0 aliphatic rings. The normalized spacial score (nSPS) is 10.3. The van der Waals surface area contributed by atoms with Crippen molar-refractivity contribution in [2.75, 3.05) is 0 Å². The highest BCUT2D eigenvalue weighted by Gasteiger charge is 2.28. The number of nitrogens with one attached hydrogen (secondary N) is 2. The Morgan fingerprint density at radius 2 is 1.34 bits per heavy atom. The predicted molar refractivity (Wildman–Crippen MR) is 109 cm³/mol. The summed E-state index contributed by atoms with van der Waals surface area (Å²) >= 11 is 0. The number of amides is 4. The fraction of sp³-hybridized carbons (Fsp3) is 0.200. The summed E-state index contributed by atoms with van der Waals surface area (Å²) < 4.78 is 0. The topological polar surface area (TPSA) is 203 Å². The van der Waals surface area contributed by atoms with E-state index in [1.807, 2.05) is 5.43 Å². The van der Waals surface area contributed by atoms with Gasteiger partial charge in [-0.1, -0.05) is 0 Å². The Balaban J connectivity index is 2.25. The second-order valence-corrected chi connectivity index (χ2v) is 6.65. The number of phenolic OH excluding ortho intramolecular Hbond substituents is 4. The zero-order valence-electron chi connectivity index (χ0n) is 16.7. The lowest BCUT2D eigenvalue weighted by molar-refractivity contribution is -0.131. The van der Waals surface area contributed by atoms with E-state index in [4.69, 9.17) is 5.84 Å². The van der Waals surface area contributed by atoms with E-state index in [9.17, 15) is 39.6 Å². The fourth-order valence-corrected chi connectivity index (χ4v) is 2.67. The number of carbonyl (C=O) groups is 4. The van der Waals surface area contributed by atoms with Crippen LogP contribution in [0, 0.1) is 0 Å². The van der Waals surface area contributed by atoms with E-state index in [2.05, 4.69) is 5.43 Å². The third kappa shape index (κ3) is 6.09. The van der Waals surface area contributed by atoms with E-state index in [0.29, 0.717) is 5.01 Å². The lowest BCUT2D eigenvalue weighted by Gasteiger charge is -2.22. The van der Waals surface area contributed by atoms with Gasteiger partial charge in [0.25, 0.3) is 11.8 Å². The Kier molecular flexibility index (Phi) is 7.96. The minimum atomic E-state index is -1.10. The summed E-state index contributed by atoms with van der Waals surface area (Å²) in [5.74, 6) is -0.309. The summed E-state index contributed by atoms with van der Waals surface area (Å²) in [6.45, 7) is 0. The van der Waals surface area contributed by atoms with Crippen molar-refractivity contribution in [2.24, 2.45) is 5.84 Å². The van der Waals surface area contributed by atoms with E-state index in [1.165, 1.54) is 0 Å². The van der Waals surface area contributed by atoms with Crippen LogP contribution in [0.3, 0.4) is 0 Å². The van der Waals surface area contributed by atoms with E-state index in [0.717, 1.165) is 36.4 Å². The number of hydrazine groups is 2. The molecule has 2 aromatic rings. The number of hydrogen-bond donors (Lipinski definition) is 7. The molecule has 0 aliphatic heterocycles. The zero-order valence-corrected chi connectivity index (χ0v) is 16.7. The number of aromatic hydroxyl groups is 4. The van der Waals surface area contributed by atoms with Crippen molar-refractivity contribution >= 4 is 23.6 Å². The molecule has 12 nitrogen and oxygen atoms in total. The molecule has 0 saturated heterocycles. The summed E-state index contributed by atoms with van der Waals surface area (Å²) in [4.78, 5) is 49.3. The number of hydrogen-bond acceptors (Lipinski definition) is 9. The molecule has 0 heterocycles. The van der Waals surface area contributed by atoms with E-state index in [1.54, 1.807) is 0 Å². The first-order chi connectivity index (χ1) is 15.1. The molecule has 0 bridgehead atoms. The van der Waals surface area contributed by atoms with Gasteiger partial charge < -0.3 is 20.4 Å². The molecule has 32 heavy (non-hydrogen) atoms. The van der Waals surface area contributed by atoms with Crippen LogP contribution in [0.5, 0.6) is 23.0 Å². The molecule has 8 N–H and O–H groups in total. The van der Waals surface area contributed by atoms with Gasteiger partial charge >= 0.3 is 0 Å². The number of rotatable bonds is 7. The van der Waals surface area contributed by atoms with Crippen LogP contribution in [0.4, 0.5) is 0 Å². The Labute approximate surface area is 181 Å². The molecule has 12 heteroatoms. The quantitative estimate of drug-likeness (QED) is 0.136. The lowest BCUT2D eigenvalue weighted by Crippen LogP contribution is -2.49. The van der Waals surface area contributed by atoms with Crippen molar-refractivity contribution < 1.29 is 39.6 Å². The number of phenols is 4. The zero-order chi connectivity index (χ0) is 23.8. The van der Waals surface area contributed by atoms with Crippen LogP contribution in [0.2, 0.25) is 0 Å². The van der Waals surface area contributed by atoms with Crippen LogP contribution in [0.1, 0.15) is 46.4 Å². The highest BCUT2D eigenvalue weighted by Crippen LogP contribution is 2.25. The summed E-state index contributed by atoms with van der Waals surface area (Å²) in [7, 11) is 0. The van der Waals surface area contributed by atoms with Gasteiger partial charge in [0.15, 0.2) is 0 Å². The number of nitrogens with two attached hydrogens (primary N) is 1. The SMILES string of the molecule is NNC(=O)CCCCC(=O)N(NC(=O)c1ccc(O)cc1O)C(=O)c1ccc(O)cc1O. The maximum Gasteiger partial charge on any atom is 0.283 e. The summed E-state index contributed by atoms with van der Waals surface area (Å²) in [5, 5.41) is 39.0. The Hall–Kier alpha value is -4.32. The molecule has 0 fully saturated rings. The molecule has 0 aliphatic carbocycles. The van der Waals surface area contributed by atoms with Crippen LogP contribution in [-0.4, -0.2) is 49.1 Å². The average Bonchev–Trinajstić information content (AvgIpc) is 2.74. The standard InChI is InChI=1S/C20H22N4O8/c21-22-17(29)3-1-2-4-18(30)24(20(32)14-8-6-12(26)10-16(14)28)23-19(31)13-7-5-11(25)9-15(13)27/h5-10,25-28H,1-4,21H2,(H,22,29)(H,23,31). The monoisotopic (exact) mass is 446 g/mol. The fourth-order valence-electron chi connectivity index (χ4n) is 2.67. The van der Waals surface area contributed by atoms with Crippen molar-refractivity contribution in [3.05, 3.63) is 47.5 Å². The number of carbonyl (C=O) groups excluding carboxylic acids is 4. The van der Waals surface area contributed by atoms with Gasteiger partial charge in [-0.3, -0.25) is 30.0 Å². The van der Waals surface area contributed by atoms with Gasteiger partial charge in [0, 0.05) is 25.0 Å². The van der Waals surface area contributed by atoms with Gasteiger partial charge in [-0.15, -0.1) is 0 Å². The van der Waals surface area contributed by atoms with Crippen LogP contribution in [0.15, 0.2) is 36.4 Å². The van der Waals surface area contributed by atoms with Crippen molar-refractivity contribution in [2.45, 2.75) is 25.7 Å². The predicted octanol–water partition coefficient (Wildman–Crippen LogP) is 0.373. The van der Waals surface area contributed by atoms with Crippen LogP contribution in [0.25, 0.3) is 0 Å². The molecule has 0 unspecified atom stereocenters. The van der Waals surface area contributed by atoms with Gasteiger partial charge in [0.2, 0.25) is 11.8 Å². The molecule has 2 rings (SSSR count). The second kappa shape index (κ2) is 10.6. The number of unbranched alkanes of at least 4 members (excludes halogenated alkanes) is 1. The van der Waals surface area contributed by atoms with Gasteiger partial charge in [-0.2, -0.15) is 5.01 Å². The number of imide groups is 1. The number of benzene rings is 2. The summed E-state index contributed by atoms with van der Waals surface area (Å²) in [5.41, 5.74) is 3.31. The maximum absolute atomic E-state index is 12.9. The highest BCUT2D eigenvalue weighted by atomic mass is 16.3. The van der Waals surface area contributed by atoms with Gasteiger partial charge in [-0.05, 0) is 37.1 Å². The summed E-state index contributed by atoms with van der Waals surface area (Å²) in [6, 6.07) is 6.15. The van der Waals surface area contributed by atoms with Gasteiger partial charge in [-0.25, -0.2) is 5.84 Å². The van der Waals surface area contributed by atoms with Crippen LogP contribution in [-0.2, 0) is 9.59 Å². The second-order valence-electron chi connectivity index (χ2n) is 6.65. The minimum absolute atomic E-state index is 0.0458. The average molecular weight is 446 g/mol. The van der Waals surface area contributed by atoms with Gasteiger partial charge in [0.1, 0.15) is 23.0 Å². The Bertz CT molecular complexity index is 1040. The van der Waals surface area contributed by atoms with E-state index >= 15 is 0 Å². The molecular formula is C20H22N4O8. The number of nitrogens with zero attached hydrogens (tertiary/aromatic N) is 1. The largest absolute Gasteiger partial charge is 0.508 e. The molecule has 4 amide bonds. The van der Waals surface area contributed by atoms with Crippen molar-refractivity contribution in [1.29, 1.82) is 0 Å². The lowest BCUT2D eigenvalue weighted by atomic mass is 10.1. The van der Waals surface area contributed by atoms with Crippen molar-refractivity contribution in [1.82, 2.24) is 15.9 Å². The third-order valence-electron chi connectivity index (χ3n) is 4.31. The van der Waals surface area contributed by atoms with E-state index < -0.39 is 35.1 Å². The highest BCUT2D eigenvalue weighted by molar-refractivity contribution is 6.09. The molecule has 0 radical (unpaired) electrons. The van der Waals surface area contributed by atoms with Crippen molar-refractivity contribution in [3.8, 4) is 23.0 Å². The Morgan fingerprint density at radius 3 is 1.88 bits per heavy atom. The Morgan fingerprint density at radius 1 is 0.812 bits per heavy atom. The van der Waals surface area contributed by atoms with E-state index in [-0.39, 0.29) is 48.3 Å². The molecule has 0 spiro atoms. The molecule has 0 saturated carbocycles. The third-order valence-corrected chi connectivity index (χ3v) is 4.31. The summed E-state index contributed by atoms with van der Waals surface area (Å²) in [6.07, 6.45) is 0.250. The van der Waals surface area contributed by atoms with Gasteiger partial charge in [0.05, 0.1) is 11.1 Å². The minimum Gasteiger partial charge on any atom is -0.508 e. The first-order valence-electron chi connectivity index (χ1n) is 9.35. The smallest absolute Gasteiger partial charge is 0.283 e. The molecular weight excluding hydrogens is 424 g/mol. The first kappa shape index (κ1) is 24.0. The maximum atomic E-state index is 12.9. The molecule has 0 atom stereocenters. The van der Waals surface area contributed by atoms with Crippen molar-refractivity contribution in [3.63, 3.8) is 0 Å². The van der Waals surface area contributed by atoms with Crippen LogP contribution >= 0.6 is 0 Å². The molecule has 2 aromatic carbocycles.